The third-order valence-electron chi connectivity index (χ3n) is 3.63. The molecule has 20 heavy (non-hydrogen) atoms. The summed E-state index contributed by atoms with van der Waals surface area (Å²) in [4.78, 5) is 0.311. The molecule has 1 aromatic rings. The second-order valence-electron chi connectivity index (χ2n) is 5.28. The van der Waals surface area contributed by atoms with Crippen molar-refractivity contribution in [2.24, 2.45) is 5.41 Å². The predicted octanol–water partition coefficient (Wildman–Crippen LogP) is 2.66. The van der Waals surface area contributed by atoms with Crippen LogP contribution in [0.5, 0.6) is 5.75 Å². The van der Waals surface area contributed by atoms with Gasteiger partial charge in [-0.2, -0.15) is 0 Å². The Morgan fingerprint density at radius 2 is 1.85 bits per heavy atom. The van der Waals surface area contributed by atoms with Crippen molar-refractivity contribution in [2.75, 3.05) is 31.4 Å². The second kappa shape index (κ2) is 6.45. The molecular formula is C14H19BrO4S. The highest BCUT2D eigenvalue weighted by Gasteiger charge is 2.32. The zero-order chi connectivity index (χ0) is 14.6. The van der Waals surface area contributed by atoms with Crippen LogP contribution < -0.4 is 4.74 Å². The van der Waals surface area contributed by atoms with Gasteiger partial charge in [0.25, 0.3) is 0 Å². The van der Waals surface area contributed by atoms with Crippen LogP contribution in [0, 0.1) is 5.41 Å². The minimum absolute atomic E-state index is 0.105. The van der Waals surface area contributed by atoms with Crippen molar-refractivity contribution in [2.45, 2.75) is 17.7 Å². The summed E-state index contributed by atoms with van der Waals surface area (Å²) in [5.74, 6) is 0.698. The van der Waals surface area contributed by atoms with Crippen LogP contribution >= 0.6 is 15.9 Å². The summed E-state index contributed by atoms with van der Waals surface area (Å²) in [6, 6.07) is 6.57. The molecule has 1 aliphatic rings. The first-order valence-corrected chi connectivity index (χ1v) is 9.53. The van der Waals surface area contributed by atoms with Gasteiger partial charge in [0.15, 0.2) is 9.84 Å². The molecule has 0 radical (unpaired) electrons. The maximum Gasteiger partial charge on any atom is 0.175 e. The van der Waals surface area contributed by atoms with Crippen LogP contribution in [0.25, 0.3) is 0 Å². The molecule has 0 spiro atoms. The summed E-state index contributed by atoms with van der Waals surface area (Å²) in [6.07, 6.45) is 3.14. The lowest BCUT2D eigenvalue weighted by Crippen LogP contribution is -2.36. The molecule has 2 rings (SSSR count). The number of rotatable bonds is 5. The van der Waals surface area contributed by atoms with Crippen molar-refractivity contribution in [3.63, 3.8) is 0 Å². The summed E-state index contributed by atoms with van der Waals surface area (Å²) >= 11 is 3.56. The normalized spacial score (nSPS) is 18.7. The van der Waals surface area contributed by atoms with Gasteiger partial charge in [-0.05, 0) is 37.1 Å². The minimum Gasteiger partial charge on any atom is -0.493 e. The molecule has 1 heterocycles. The molecule has 1 aliphatic heterocycles. The van der Waals surface area contributed by atoms with E-state index in [-0.39, 0.29) is 5.41 Å². The average Bonchev–Trinajstić information content (AvgIpc) is 2.46. The van der Waals surface area contributed by atoms with Gasteiger partial charge in [-0.25, -0.2) is 8.42 Å². The molecule has 1 saturated heterocycles. The summed E-state index contributed by atoms with van der Waals surface area (Å²) in [7, 11) is -3.15. The van der Waals surface area contributed by atoms with Crippen molar-refractivity contribution in [1.82, 2.24) is 0 Å². The van der Waals surface area contributed by atoms with E-state index < -0.39 is 9.84 Å². The number of sulfone groups is 1. The van der Waals surface area contributed by atoms with Gasteiger partial charge in [0, 0.05) is 30.2 Å². The number of halogens is 1. The molecule has 112 valence electrons. The van der Waals surface area contributed by atoms with E-state index in [2.05, 4.69) is 15.9 Å². The maximum atomic E-state index is 11.4. The van der Waals surface area contributed by atoms with Crippen LogP contribution in [0.4, 0.5) is 0 Å². The van der Waals surface area contributed by atoms with Crippen LogP contribution in [-0.2, 0) is 14.6 Å². The Hall–Kier alpha value is -0.590. The molecule has 1 fully saturated rings. The smallest absolute Gasteiger partial charge is 0.175 e. The molecule has 0 aromatic heterocycles. The van der Waals surface area contributed by atoms with Crippen molar-refractivity contribution in [1.29, 1.82) is 0 Å². The van der Waals surface area contributed by atoms with Crippen LogP contribution in [-0.4, -0.2) is 39.8 Å². The SMILES string of the molecule is CS(=O)(=O)c1ccc(OCC2(CBr)CCOCC2)cc1. The van der Waals surface area contributed by atoms with Crippen LogP contribution in [0.1, 0.15) is 12.8 Å². The number of alkyl halides is 1. The Labute approximate surface area is 128 Å². The largest absolute Gasteiger partial charge is 0.493 e. The fourth-order valence-corrected chi connectivity index (χ4v) is 3.49. The maximum absolute atomic E-state index is 11.4. The van der Waals surface area contributed by atoms with E-state index in [1.165, 1.54) is 6.26 Å². The van der Waals surface area contributed by atoms with Crippen molar-refractivity contribution >= 4 is 25.8 Å². The first-order valence-electron chi connectivity index (χ1n) is 6.52. The molecule has 0 saturated carbocycles. The van der Waals surface area contributed by atoms with Gasteiger partial charge in [-0.15, -0.1) is 0 Å². The van der Waals surface area contributed by atoms with E-state index in [9.17, 15) is 8.42 Å². The highest BCUT2D eigenvalue weighted by molar-refractivity contribution is 9.09. The summed E-state index contributed by atoms with van der Waals surface area (Å²) < 4.78 is 34.0. The van der Waals surface area contributed by atoms with Gasteiger partial charge in [-0.1, -0.05) is 15.9 Å². The van der Waals surface area contributed by atoms with Gasteiger partial charge in [-0.3, -0.25) is 0 Å². The zero-order valence-electron chi connectivity index (χ0n) is 11.5. The Morgan fingerprint density at radius 3 is 2.35 bits per heavy atom. The third-order valence-corrected chi connectivity index (χ3v) is 5.95. The Kier molecular flexibility index (Phi) is 5.09. The molecule has 1 aromatic carbocycles. The highest BCUT2D eigenvalue weighted by Crippen LogP contribution is 2.33. The van der Waals surface area contributed by atoms with E-state index in [0.29, 0.717) is 17.3 Å². The van der Waals surface area contributed by atoms with E-state index >= 15 is 0 Å². The molecule has 0 aliphatic carbocycles. The predicted molar refractivity (Wildman–Crippen MR) is 81.3 cm³/mol. The Balaban J connectivity index is 2.00. The van der Waals surface area contributed by atoms with E-state index in [1.807, 2.05) is 0 Å². The Morgan fingerprint density at radius 1 is 1.25 bits per heavy atom. The lowest BCUT2D eigenvalue weighted by atomic mass is 9.83. The third kappa shape index (κ3) is 3.96. The van der Waals surface area contributed by atoms with E-state index in [1.54, 1.807) is 24.3 Å². The summed E-state index contributed by atoms with van der Waals surface area (Å²) in [6.45, 7) is 2.14. The molecule has 4 nitrogen and oxygen atoms in total. The first kappa shape index (κ1) is 15.8. The van der Waals surface area contributed by atoms with Gasteiger partial charge in [0.05, 0.1) is 11.5 Å². The minimum atomic E-state index is -3.15. The molecule has 0 amide bonds. The topological polar surface area (TPSA) is 52.6 Å². The van der Waals surface area contributed by atoms with Crippen LogP contribution in [0.15, 0.2) is 29.2 Å². The van der Waals surface area contributed by atoms with Gasteiger partial charge >= 0.3 is 0 Å². The second-order valence-corrected chi connectivity index (χ2v) is 7.85. The fourth-order valence-electron chi connectivity index (χ4n) is 2.14. The molecular weight excluding hydrogens is 344 g/mol. The number of hydrogen-bond acceptors (Lipinski definition) is 4. The average molecular weight is 363 g/mol. The standard InChI is InChI=1S/C14H19BrO4S/c1-20(16,17)13-4-2-12(3-5-13)19-11-14(10-15)6-8-18-9-7-14/h2-5H,6-11H2,1H3. The molecule has 0 atom stereocenters. The first-order chi connectivity index (χ1) is 9.45. The molecule has 0 N–H and O–H groups in total. The quantitative estimate of drug-likeness (QED) is 0.755. The van der Waals surface area contributed by atoms with E-state index in [0.717, 1.165) is 31.4 Å². The van der Waals surface area contributed by atoms with Gasteiger partial charge in [0.1, 0.15) is 5.75 Å². The summed E-state index contributed by atoms with van der Waals surface area (Å²) in [5.41, 5.74) is 0.105. The number of ether oxygens (including phenoxy) is 2. The zero-order valence-corrected chi connectivity index (χ0v) is 13.9. The monoisotopic (exact) mass is 362 g/mol. The van der Waals surface area contributed by atoms with E-state index in [4.69, 9.17) is 9.47 Å². The lowest BCUT2D eigenvalue weighted by Gasteiger charge is -2.35. The molecule has 0 bridgehead atoms. The lowest BCUT2D eigenvalue weighted by molar-refractivity contribution is 0.00354. The highest BCUT2D eigenvalue weighted by atomic mass is 79.9. The number of benzene rings is 1. The fraction of sp³-hybridized carbons (Fsp3) is 0.571. The van der Waals surface area contributed by atoms with Crippen molar-refractivity contribution in [3.8, 4) is 5.75 Å². The summed E-state index contributed by atoms with van der Waals surface area (Å²) in [5, 5.41) is 0.880. The number of hydrogen-bond donors (Lipinski definition) is 0. The molecule has 6 heteroatoms. The van der Waals surface area contributed by atoms with Crippen LogP contribution in [0.2, 0.25) is 0 Å². The molecule has 0 unspecified atom stereocenters. The van der Waals surface area contributed by atoms with Crippen molar-refractivity contribution in [3.05, 3.63) is 24.3 Å². The Bertz CT molecular complexity index is 533. The van der Waals surface area contributed by atoms with Crippen LogP contribution in [0.3, 0.4) is 0 Å². The van der Waals surface area contributed by atoms with Gasteiger partial charge in [0.2, 0.25) is 0 Å². The van der Waals surface area contributed by atoms with Gasteiger partial charge < -0.3 is 9.47 Å². The van der Waals surface area contributed by atoms with Crippen molar-refractivity contribution < 1.29 is 17.9 Å².